The second-order valence-electron chi connectivity index (χ2n) is 3.05. The minimum atomic E-state index is 0.700. The minimum absolute atomic E-state index is 0.700. The van der Waals surface area contributed by atoms with Crippen LogP contribution < -0.4 is 10.6 Å². The topological polar surface area (TPSA) is 12.0 Å². The van der Waals surface area contributed by atoms with Crippen LogP contribution in [0.3, 0.4) is 0 Å². The highest BCUT2D eigenvalue weighted by Crippen LogP contribution is 2.28. The smallest absolute Gasteiger partial charge is 0.139 e. The predicted molar refractivity (Wildman–Crippen MR) is 75.3 cm³/mol. The summed E-state index contributed by atoms with van der Waals surface area (Å²) in [4.78, 5) is 0. The van der Waals surface area contributed by atoms with E-state index in [0.29, 0.717) is 6.37 Å². The summed E-state index contributed by atoms with van der Waals surface area (Å²) in [5.41, 5.74) is 4.80. The summed E-state index contributed by atoms with van der Waals surface area (Å²) in [6.45, 7) is 6.01. The molecule has 0 saturated heterocycles. The fourth-order valence-electron chi connectivity index (χ4n) is 1.17. The normalized spacial score (nSPS) is 10.6. The molecule has 1 unspecified atom stereocenters. The van der Waals surface area contributed by atoms with Gasteiger partial charge in [0.1, 0.15) is 7.85 Å². The summed E-state index contributed by atoms with van der Waals surface area (Å²) in [6, 6.07) is 6.40. The Kier molecular flexibility index (Phi) is 4.27. The molecule has 13 heavy (non-hydrogen) atoms. The largest absolute Gasteiger partial charge is 0.358 e. The van der Waals surface area contributed by atoms with Gasteiger partial charge in [-0.2, -0.15) is 0 Å². The lowest BCUT2D eigenvalue weighted by molar-refractivity contribution is 1.60. The van der Waals surface area contributed by atoms with Crippen LogP contribution in [-0.2, 0) is 0 Å². The first-order chi connectivity index (χ1) is 6.15. The van der Waals surface area contributed by atoms with Crippen molar-refractivity contribution in [2.75, 3.05) is 5.09 Å². The average molecular weight is 303 g/mol. The maximum absolute atomic E-state index is 3.97. The molecule has 1 aromatic rings. The number of allylic oxidation sites excluding steroid dienone is 1. The van der Waals surface area contributed by atoms with Crippen molar-refractivity contribution in [1.82, 2.24) is 0 Å². The molecule has 0 fully saturated rings. The molecular weight excluding hydrogens is 291 g/mol. The van der Waals surface area contributed by atoms with Crippen molar-refractivity contribution < 1.29 is 0 Å². The molecule has 0 aliphatic carbocycles. The summed E-state index contributed by atoms with van der Waals surface area (Å²) < 4.78 is 0. The average Bonchev–Trinajstić information content (AvgIpc) is 2.08. The van der Waals surface area contributed by atoms with Gasteiger partial charge >= 0.3 is 0 Å². The molecule has 0 radical (unpaired) electrons. The van der Waals surface area contributed by atoms with E-state index in [1.165, 1.54) is 16.7 Å². The lowest BCUT2D eigenvalue weighted by atomic mass is 9.92. The molecule has 0 aliphatic rings. The Morgan fingerprint density at radius 3 is 2.85 bits per heavy atom. The third kappa shape index (κ3) is 2.99. The van der Waals surface area contributed by atoms with Gasteiger partial charge in [0.2, 0.25) is 0 Å². The molecule has 1 N–H and O–H groups in total. The predicted octanol–water partition coefficient (Wildman–Crippen LogP) is 2.33. The molecule has 0 amide bonds. The van der Waals surface area contributed by atoms with E-state index in [2.05, 4.69) is 59.8 Å². The highest BCUT2D eigenvalue weighted by atomic mass is 127. The van der Waals surface area contributed by atoms with Crippen LogP contribution in [0.2, 0.25) is 0 Å². The number of halogens is 1. The lowest BCUT2D eigenvalue weighted by Crippen LogP contribution is -2.03. The van der Waals surface area contributed by atoms with Crippen LogP contribution in [0, 0.1) is 0 Å². The van der Waals surface area contributed by atoms with Gasteiger partial charge in [0.15, 0.2) is 0 Å². The molecule has 0 spiro atoms. The Morgan fingerprint density at radius 1 is 1.62 bits per heavy atom. The molecule has 4 heteroatoms. The van der Waals surface area contributed by atoms with Crippen molar-refractivity contribution >= 4 is 53.0 Å². The fraction of sp³-hybridized carbons (Fsp3) is 0.111. The first-order valence-corrected chi connectivity index (χ1v) is 8.14. The molecular formula is C9H12BINP. The minimum Gasteiger partial charge on any atom is -0.358 e. The lowest BCUT2D eigenvalue weighted by Gasteiger charge is -2.10. The Morgan fingerprint density at radius 2 is 2.31 bits per heavy atom. The van der Waals surface area contributed by atoms with E-state index in [-0.39, 0.29) is 0 Å². The van der Waals surface area contributed by atoms with Crippen molar-refractivity contribution in [2.45, 2.75) is 6.92 Å². The van der Waals surface area contributed by atoms with E-state index in [4.69, 9.17) is 0 Å². The van der Waals surface area contributed by atoms with Gasteiger partial charge in [0.05, 0.1) is 0 Å². The molecule has 0 aliphatic heterocycles. The van der Waals surface area contributed by atoms with Gasteiger partial charge < -0.3 is 5.09 Å². The number of rotatable bonds is 3. The number of hydrogen-bond donors (Lipinski definition) is 1. The van der Waals surface area contributed by atoms with Gasteiger partial charge in [-0.25, -0.2) is 0 Å². The Labute approximate surface area is 95.1 Å². The summed E-state index contributed by atoms with van der Waals surface area (Å²) >= 11 is 2.33. The summed E-state index contributed by atoms with van der Waals surface area (Å²) in [5.74, 6) is 0. The van der Waals surface area contributed by atoms with Gasteiger partial charge in [0, 0.05) is 12.1 Å². The zero-order valence-electron chi connectivity index (χ0n) is 7.82. The first-order valence-electron chi connectivity index (χ1n) is 4.03. The zero-order valence-corrected chi connectivity index (χ0v) is 11.0. The summed E-state index contributed by atoms with van der Waals surface area (Å²) in [6.07, 6.45) is 0.700. The van der Waals surface area contributed by atoms with Crippen LogP contribution in [-0.4, -0.2) is 7.85 Å². The molecule has 0 saturated carbocycles. The van der Waals surface area contributed by atoms with Crippen LogP contribution in [0.4, 0.5) is 5.69 Å². The molecule has 68 valence electrons. The Bertz CT molecular complexity index is 327. The van der Waals surface area contributed by atoms with Crippen molar-refractivity contribution in [3.63, 3.8) is 0 Å². The molecule has 0 bridgehead atoms. The summed E-state index contributed by atoms with van der Waals surface area (Å²) in [5, 5.41) is 3.34. The van der Waals surface area contributed by atoms with Gasteiger partial charge in [-0.1, -0.05) is 24.2 Å². The second kappa shape index (κ2) is 5.01. The maximum Gasteiger partial charge on any atom is 0.139 e. The quantitative estimate of drug-likeness (QED) is 0.513. The van der Waals surface area contributed by atoms with Gasteiger partial charge in [0.25, 0.3) is 0 Å². The zero-order chi connectivity index (χ0) is 9.84. The monoisotopic (exact) mass is 303 g/mol. The van der Waals surface area contributed by atoms with Crippen molar-refractivity contribution in [2.24, 2.45) is 0 Å². The van der Waals surface area contributed by atoms with E-state index < -0.39 is 0 Å². The number of anilines is 1. The molecule has 1 nitrogen and oxygen atoms in total. The van der Waals surface area contributed by atoms with E-state index in [1.54, 1.807) is 0 Å². The molecule has 0 heterocycles. The van der Waals surface area contributed by atoms with Gasteiger partial charge in [-0.05, 0) is 46.2 Å². The van der Waals surface area contributed by atoms with E-state index in [1.807, 2.05) is 6.92 Å². The number of hydrogen-bond acceptors (Lipinski definition) is 1. The first kappa shape index (κ1) is 11.1. The number of benzene rings is 1. The van der Waals surface area contributed by atoms with Crippen molar-refractivity contribution in [3.8, 4) is 0 Å². The third-order valence-electron chi connectivity index (χ3n) is 1.82. The molecule has 1 rings (SSSR count). The fourth-order valence-corrected chi connectivity index (χ4v) is 2.36. The molecule has 0 aromatic heterocycles. The Balaban J connectivity index is 3.10. The number of nitrogens with one attached hydrogen (secondary N) is 1. The molecule has 1 aromatic carbocycles. The van der Waals surface area contributed by atoms with E-state index >= 15 is 0 Å². The van der Waals surface area contributed by atoms with E-state index in [9.17, 15) is 0 Å². The van der Waals surface area contributed by atoms with Crippen LogP contribution in [0.25, 0.3) is 5.57 Å². The van der Waals surface area contributed by atoms with E-state index in [0.717, 1.165) is 5.57 Å². The van der Waals surface area contributed by atoms with Crippen LogP contribution in [0.15, 0.2) is 24.8 Å². The molecule has 1 atom stereocenters. The van der Waals surface area contributed by atoms with Crippen molar-refractivity contribution in [1.29, 1.82) is 0 Å². The SMILES string of the molecule is Bc1ccc(NPI)c(C(=C)C)c1. The van der Waals surface area contributed by atoms with Gasteiger partial charge in [-0.15, -0.1) is 0 Å². The maximum atomic E-state index is 3.97. The van der Waals surface area contributed by atoms with Crippen LogP contribution in [0.1, 0.15) is 12.5 Å². The second-order valence-corrected chi connectivity index (χ2v) is 5.11. The van der Waals surface area contributed by atoms with Crippen LogP contribution >= 0.6 is 28.4 Å². The highest BCUT2D eigenvalue weighted by Gasteiger charge is 2.01. The van der Waals surface area contributed by atoms with Crippen molar-refractivity contribution in [3.05, 3.63) is 30.3 Å². The van der Waals surface area contributed by atoms with Gasteiger partial charge in [-0.3, -0.25) is 0 Å². The standard InChI is InChI=1S/C9H12BINP/c1-6(2)8-5-7(10)3-4-9(8)12-13-11/h3-5,12-13H,1,10H2,2H3. The Hall–Kier alpha value is -0.0151. The highest BCUT2D eigenvalue weighted by molar-refractivity contribution is 14.2. The summed E-state index contributed by atoms with van der Waals surface area (Å²) in [7, 11) is 2.10. The van der Waals surface area contributed by atoms with Crippen LogP contribution in [0.5, 0.6) is 0 Å². The third-order valence-corrected chi connectivity index (χ3v) is 2.99.